The fourth-order valence-electron chi connectivity index (χ4n) is 2.15. The first-order chi connectivity index (χ1) is 8.90. The van der Waals surface area contributed by atoms with Gasteiger partial charge >= 0.3 is 0 Å². The number of hydrogen-bond donors (Lipinski definition) is 1. The second-order valence-electron chi connectivity index (χ2n) is 4.81. The number of nitrogens with two attached hydrogens (primary N) is 1. The highest BCUT2D eigenvalue weighted by atomic mass is 35.5. The molecule has 1 heterocycles. The van der Waals surface area contributed by atoms with E-state index in [1.165, 1.54) is 0 Å². The van der Waals surface area contributed by atoms with Crippen LogP contribution in [0, 0.1) is 13.8 Å². The van der Waals surface area contributed by atoms with E-state index in [1.54, 1.807) is 4.68 Å². The second-order valence-corrected chi connectivity index (χ2v) is 5.59. The lowest BCUT2D eigenvalue weighted by Gasteiger charge is -2.14. The Balaban J connectivity index is 2.28. The summed E-state index contributed by atoms with van der Waals surface area (Å²) in [5.41, 5.74) is 10.0. The summed E-state index contributed by atoms with van der Waals surface area (Å²) in [5.74, 6) is 0. The minimum Gasteiger partial charge on any atom is -0.324 e. The van der Waals surface area contributed by atoms with Gasteiger partial charge in [0.15, 0.2) is 0 Å². The molecule has 0 fully saturated rings. The van der Waals surface area contributed by atoms with Crippen molar-refractivity contribution < 1.29 is 0 Å². The van der Waals surface area contributed by atoms with Crippen molar-refractivity contribution in [3.63, 3.8) is 0 Å². The van der Waals surface area contributed by atoms with Gasteiger partial charge < -0.3 is 5.73 Å². The van der Waals surface area contributed by atoms with Crippen molar-refractivity contribution in [3.8, 4) is 0 Å². The highest BCUT2D eigenvalue weighted by Crippen LogP contribution is 2.28. The lowest BCUT2D eigenvalue weighted by molar-refractivity contribution is 0.640. The first-order valence-corrected chi connectivity index (χ1v) is 6.85. The van der Waals surface area contributed by atoms with E-state index in [-0.39, 0.29) is 6.04 Å². The molecule has 0 bridgehead atoms. The summed E-state index contributed by atoms with van der Waals surface area (Å²) in [6.45, 7) is 3.89. The van der Waals surface area contributed by atoms with Gasteiger partial charge in [-0.05, 0) is 31.0 Å². The average molecular weight is 298 g/mol. The Hall–Kier alpha value is -1.03. The molecule has 0 spiro atoms. The molecule has 102 valence electrons. The lowest BCUT2D eigenvalue weighted by Crippen LogP contribution is -2.16. The Labute approximate surface area is 123 Å². The van der Waals surface area contributed by atoms with Crippen LogP contribution in [0.3, 0.4) is 0 Å². The normalized spacial score (nSPS) is 12.7. The standard InChI is InChI=1S/C14H17Cl2N3/c1-8-4-5-10(11(15)6-8)12(17)7-13-14(16)9(2)18-19(13)3/h4-6,12H,7,17H2,1-3H3. The zero-order chi connectivity index (χ0) is 14.2. The second kappa shape index (κ2) is 5.53. The topological polar surface area (TPSA) is 43.8 Å². The maximum atomic E-state index is 6.24. The van der Waals surface area contributed by atoms with Gasteiger partial charge in [-0.25, -0.2) is 0 Å². The molecule has 1 aromatic carbocycles. The molecular formula is C14H17Cl2N3. The van der Waals surface area contributed by atoms with Crippen LogP contribution in [-0.4, -0.2) is 9.78 Å². The summed E-state index contributed by atoms with van der Waals surface area (Å²) in [5, 5.41) is 5.67. The van der Waals surface area contributed by atoms with Gasteiger partial charge in [-0.1, -0.05) is 35.3 Å². The van der Waals surface area contributed by atoms with Gasteiger partial charge in [-0.15, -0.1) is 0 Å². The predicted octanol–water partition coefficient (Wildman–Crippen LogP) is 3.59. The fraction of sp³-hybridized carbons (Fsp3) is 0.357. The van der Waals surface area contributed by atoms with Crippen LogP contribution in [0.1, 0.15) is 28.6 Å². The Morgan fingerprint density at radius 2 is 2.00 bits per heavy atom. The third-order valence-electron chi connectivity index (χ3n) is 3.23. The van der Waals surface area contributed by atoms with Gasteiger partial charge in [0, 0.05) is 24.5 Å². The van der Waals surface area contributed by atoms with Gasteiger partial charge in [-0.2, -0.15) is 5.10 Å². The van der Waals surface area contributed by atoms with Crippen LogP contribution in [0.25, 0.3) is 0 Å². The van der Waals surface area contributed by atoms with Gasteiger partial charge in [0.2, 0.25) is 0 Å². The third-order valence-corrected chi connectivity index (χ3v) is 4.05. The van der Waals surface area contributed by atoms with E-state index in [0.717, 1.165) is 22.5 Å². The molecule has 2 N–H and O–H groups in total. The minimum absolute atomic E-state index is 0.194. The Bertz CT molecular complexity index is 605. The van der Waals surface area contributed by atoms with E-state index in [9.17, 15) is 0 Å². The van der Waals surface area contributed by atoms with Crippen molar-refractivity contribution in [1.29, 1.82) is 0 Å². The van der Waals surface area contributed by atoms with Crippen molar-refractivity contribution in [2.24, 2.45) is 12.8 Å². The molecule has 1 unspecified atom stereocenters. The summed E-state index contributed by atoms with van der Waals surface area (Å²) >= 11 is 12.5. The van der Waals surface area contributed by atoms with Crippen LogP contribution in [0.2, 0.25) is 10.0 Å². The van der Waals surface area contributed by atoms with Crippen LogP contribution in [0.5, 0.6) is 0 Å². The molecule has 2 aromatic rings. The van der Waals surface area contributed by atoms with Crippen LogP contribution < -0.4 is 5.73 Å². The van der Waals surface area contributed by atoms with Gasteiger partial charge in [0.05, 0.1) is 16.4 Å². The van der Waals surface area contributed by atoms with E-state index in [4.69, 9.17) is 28.9 Å². The van der Waals surface area contributed by atoms with E-state index >= 15 is 0 Å². The van der Waals surface area contributed by atoms with E-state index in [2.05, 4.69) is 5.10 Å². The number of nitrogens with zero attached hydrogens (tertiary/aromatic N) is 2. The number of aryl methyl sites for hydroxylation is 3. The van der Waals surface area contributed by atoms with Crippen molar-refractivity contribution >= 4 is 23.2 Å². The first-order valence-electron chi connectivity index (χ1n) is 6.09. The maximum absolute atomic E-state index is 6.24. The zero-order valence-corrected chi connectivity index (χ0v) is 12.8. The molecule has 0 aliphatic heterocycles. The van der Waals surface area contributed by atoms with Crippen molar-refractivity contribution in [2.45, 2.75) is 26.3 Å². The Morgan fingerprint density at radius 3 is 2.53 bits per heavy atom. The average Bonchev–Trinajstić information content (AvgIpc) is 2.56. The summed E-state index contributed by atoms with van der Waals surface area (Å²) in [7, 11) is 1.87. The van der Waals surface area contributed by atoms with Crippen LogP contribution in [-0.2, 0) is 13.5 Å². The van der Waals surface area contributed by atoms with E-state index < -0.39 is 0 Å². The smallest absolute Gasteiger partial charge is 0.0847 e. The SMILES string of the molecule is Cc1ccc(C(N)Cc2c(Cl)c(C)nn2C)c(Cl)c1. The van der Waals surface area contributed by atoms with Crippen LogP contribution in [0.4, 0.5) is 0 Å². The summed E-state index contributed by atoms with van der Waals surface area (Å²) in [6.07, 6.45) is 0.610. The van der Waals surface area contributed by atoms with E-state index in [1.807, 2.05) is 39.1 Å². The molecular weight excluding hydrogens is 281 g/mol. The first kappa shape index (κ1) is 14.4. The molecule has 0 radical (unpaired) electrons. The highest BCUT2D eigenvalue weighted by molar-refractivity contribution is 6.32. The number of hydrogen-bond acceptors (Lipinski definition) is 2. The van der Waals surface area contributed by atoms with Gasteiger partial charge in [0.1, 0.15) is 0 Å². The summed E-state index contributed by atoms with van der Waals surface area (Å²) < 4.78 is 1.78. The Kier molecular flexibility index (Phi) is 4.19. The van der Waals surface area contributed by atoms with Crippen LogP contribution in [0.15, 0.2) is 18.2 Å². The summed E-state index contributed by atoms with van der Waals surface area (Å²) in [6, 6.07) is 5.71. The Morgan fingerprint density at radius 1 is 1.32 bits per heavy atom. The van der Waals surface area contributed by atoms with Crippen molar-refractivity contribution in [1.82, 2.24) is 9.78 Å². The van der Waals surface area contributed by atoms with Gasteiger partial charge in [-0.3, -0.25) is 4.68 Å². The number of halogens is 2. The zero-order valence-electron chi connectivity index (χ0n) is 11.2. The van der Waals surface area contributed by atoms with E-state index in [0.29, 0.717) is 16.5 Å². The number of aromatic nitrogens is 2. The molecule has 0 aliphatic carbocycles. The molecule has 2 rings (SSSR count). The fourth-order valence-corrected chi connectivity index (χ4v) is 2.77. The highest BCUT2D eigenvalue weighted by Gasteiger charge is 2.17. The third kappa shape index (κ3) is 2.94. The van der Waals surface area contributed by atoms with Crippen molar-refractivity contribution in [2.75, 3.05) is 0 Å². The molecule has 19 heavy (non-hydrogen) atoms. The quantitative estimate of drug-likeness (QED) is 0.941. The molecule has 0 saturated heterocycles. The monoisotopic (exact) mass is 297 g/mol. The molecule has 0 saturated carbocycles. The number of rotatable bonds is 3. The largest absolute Gasteiger partial charge is 0.324 e. The van der Waals surface area contributed by atoms with Gasteiger partial charge in [0.25, 0.3) is 0 Å². The van der Waals surface area contributed by atoms with Crippen molar-refractivity contribution in [3.05, 3.63) is 50.8 Å². The summed E-state index contributed by atoms with van der Waals surface area (Å²) in [4.78, 5) is 0. The molecule has 1 atom stereocenters. The molecule has 1 aromatic heterocycles. The minimum atomic E-state index is -0.194. The molecule has 5 heteroatoms. The molecule has 0 amide bonds. The lowest BCUT2D eigenvalue weighted by atomic mass is 10.0. The molecule has 0 aliphatic rings. The number of benzene rings is 1. The maximum Gasteiger partial charge on any atom is 0.0847 e. The van der Waals surface area contributed by atoms with Crippen LogP contribution >= 0.6 is 23.2 Å². The predicted molar refractivity (Wildman–Crippen MR) is 79.8 cm³/mol. The molecule has 3 nitrogen and oxygen atoms in total.